The van der Waals surface area contributed by atoms with Crippen molar-refractivity contribution < 1.29 is 24.0 Å². The summed E-state index contributed by atoms with van der Waals surface area (Å²) in [6.07, 6.45) is 4.42. The van der Waals surface area contributed by atoms with Crippen LogP contribution in [0.3, 0.4) is 0 Å². The molecule has 0 aliphatic rings. The van der Waals surface area contributed by atoms with Crippen LogP contribution in [0.5, 0.6) is 0 Å². The highest BCUT2D eigenvalue weighted by atomic mass is 16.7. The molecule has 164 valence electrons. The normalized spacial score (nSPS) is 11.8. The van der Waals surface area contributed by atoms with Gasteiger partial charge in [0.15, 0.2) is 0 Å². The summed E-state index contributed by atoms with van der Waals surface area (Å²) in [5, 5.41) is 1.07. The summed E-state index contributed by atoms with van der Waals surface area (Å²) < 4.78 is 5.35. The molecule has 1 aromatic carbocycles. The first-order valence-corrected chi connectivity index (χ1v) is 10.2. The van der Waals surface area contributed by atoms with E-state index in [4.69, 9.17) is 9.57 Å². The second-order valence-electron chi connectivity index (χ2n) is 7.98. The van der Waals surface area contributed by atoms with Crippen LogP contribution in [0.15, 0.2) is 55.6 Å². The van der Waals surface area contributed by atoms with Crippen LogP contribution >= 0.6 is 0 Å². The van der Waals surface area contributed by atoms with Crippen LogP contribution < -0.4 is 0 Å². The molecule has 0 aliphatic carbocycles. The zero-order valence-electron chi connectivity index (χ0n) is 18.3. The molecule has 0 aliphatic heterocycles. The first-order valence-electron chi connectivity index (χ1n) is 10.2. The minimum atomic E-state index is -0.722. The van der Waals surface area contributed by atoms with E-state index in [9.17, 15) is 14.4 Å². The van der Waals surface area contributed by atoms with Gasteiger partial charge in [0.2, 0.25) is 0 Å². The van der Waals surface area contributed by atoms with E-state index in [-0.39, 0.29) is 25.8 Å². The van der Waals surface area contributed by atoms with Gasteiger partial charge in [-0.1, -0.05) is 42.5 Å². The van der Waals surface area contributed by atoms with Gasteiger partial charge in [0.1, 0.15) is 5.60 Å². The maximum Gasteiger partial charge on any atom is 0.332 e. The second kappa shape index (κ2) is 12.6. The summed E-state index contributed by atoms with van der Waals surface area (Å²) in [4.78, 5) is 42.9. The van der Waals surface area contributed by atoms with Gasteiger partial charge in [-0.05, 0) is 45.6 Å². The molecule has 1 unspecified atom stereocenters. The smallest absolute Gasteiger partial charge is 0.332 e. The molecule has 0 heterocycles. The number of rotatable bonds is 11. The molecule has 1 amide bonds. The van der Waals surface area contributed by atoms with Gasteiger partial charge in [-0.25, -0.2) is 4.79 Å². The summed E-state index contributed by atoms with van der Waals surface area (Å²) in [5.41, 5.74) is 0.355. The van der Waals surface area contributed by atoms with Crippen LogP contribution in [0.1, 0.15) is 52.0 Å². The Morgan fingerprint density at radius 3 is 2.30 bits per heavy atom. The minimum absolute atomic E-state index is 0.117. The molecule has 0 aromatic heterocycles. The van der Waals surface area contributed by atoms with Crippen molar-refractivity contribution in [2.24, 2.45) is 5.92 Å². The van der Waals surface area contributed by atoms with Crippen LogP contribution in [0, 0.1) is 5.92 Å². The van der Waals surface area contributed by atoms with Gasteiger partial charge in [0.05, 0.1) is 25.3 Å². The Morgan fingerprint density at radius 1 is 1.07 bits per heavy atom. The first-order chi connectivity index (χ1) is 14.2. The Bertz CT molecular complexity index is 721. The zero-order valence-corrected chi connectivity index (χ0v) is 18.3. The van der Waals surface area contributed by atoms with Crippen molar-refractivity contribution in [3.63, 3.8) is 0 Å². The molecule has 1 aromatic rings. The number of nitrogens with zero attached hydrogens (tertiary/aromatic N) is 1. The van der Waals surface area contributed by atoms with E-state index in [1.165, 1.54) is 0 Å². The van der Waals surface area contributed by atoms with Crippen LogP contribution in [-0.2, 0) is 30.4 Å². The summed E-state index contributed by atoms with van der Waals surface area (Å²) in [6, 6.07) is 9.58. The van der Waals surface area contributed by atoms with Gasteiger partial charge in [-0.3, -0.25) is 9.59 Å². The maximum absolute atomic E-state index is 13.1. The Balaban J connectivity index is 2.93. The highest BCUT2D eigenvalue weighted by Crippen LogP contribution is 2.19. The van der Waals surface area contributed by atoms with E-state index >= 15 is 0 Å². The molecular weight excluding hydrogens is 382 g/mol. The molecule has 1 atom stereocenters. The van der Waals surface area contributed by atoms with Gasteiger partial charge in [-0.2, -0.15) is 5.06 Å². The number of esters is 1. The highest BCUT2D eigenvalue weighted by Gasteiger charge is 2.30. The van der Waals surface area contributed by atoms with Crippen LogP contribution in [0.25, 0.3) is 0 Å². The topological polar surface area (TPSA) is 72.9 Å². The maximum atomic E-state index is 13.1. The number of amides is 1. The summed E-state index contributed by atoms with van der Waals surface area (Å²) in [6.45, 7) is 12.7. The number of carbonyl (C=O) groups excluding carboxylic acids is 3. The van der Waals surface area contributed by atoms with Crippen molar-refractivity contribution in [1.82, 2.24) is 5.06 Å². The molecular formula is C24H33NO5. The number of allylic oxidation sites excluding steroid dienone is 2. The Kier molecular flexibility index (Phi) is 10.6. The average Bonchev–Trinajstić information content (AvgIpc) is 2.68. The lowest BCUT2D eigenvalue weighted by Gasteiger charge is -2.26. The fourth-order valence-corrected chi connectivity index (χ4v) is 2.73. The number of hydrogen-bond acceptors (Lipinski definition) is 5. The van der Waals surface area contributed by atoms with E-state index < -0.39 is 29.4 Å². The van der Waals surface area contributed by atoms with Crippen molar-refractivity contribution in [2.45, 2.75) is 58.5 Å². The van der Waals surface area contributed by atoms with E-state index in [0.29, 0.717) is 12.8 Å². The van der Waals surface area contributed by atoms with E-state index in [2.05, 4.69) is 13.2 Å². The molecule has 0 saturated heterocycles. The van der Waals surface area contributed by atoms with Crippen molar-refractivity contribution in [2.75, 3.05) is 6.54 Å². The number of hydroxylamine groups is 2. The molecule has 0 spiro atoms. The first kappa shape index (κ1) is 25.1. The number of benzene rings is 1. The van der Waals surface area contributed by atoms with Gasteiger partial charge in [0, 0.05) is 0 Å². The molecule has 0 N–H and O–H groups in total. The number of carbonyl (C=O) groups is 3. The van der Waals surface area contributed by atoms with Crippen LogP contribution in [0.4, 0.5) is 0 Å². The molecule has 0 saturated carbocycles. The fourth-order valence-electron chi connectivity index (χ4n) is 2.73. The Hall–Kier alpha value is -2.89. The largest absolute Gasteiger partial charge is 0.460 e. The molecule has 0 radical (unpaired) electrons. The minimum Gasteiger partial charge on any atom is -0.460 e. The predicted molar refractivity (Wildman–Crippen MR) is 116 cm³/mol. The summed E-state index contributed by atoms with van der Waals surface area (Å²) >= 11 is 0. The molecule has 6 nitrogen and oxygen atoms in total. The van der Waals surface area contributed by atoms with Crippen LogP contribution in [0.2, 0.25) is 0 Å². The molecule has 0 fully saturated rings. The van der Waals surface area contributed by atoms with Crippen molar-refractivity contribution >= 4 is 17.8 Å². The van der Waals surface area contributed by atoms with Crippen molar-refractivity contribution in [3.05, 3.63) is 61.2 Å². The SMILES string of the molecule is C=CCCC(=O)ON(CCc1ccccc1)C(=O)C(CC=C)CC(=O)OC(C)(C)C. The standard InChI is InChI=1S/C24H33NO5/c1-6-8-15-21(26)30-25(17-16-19-13-10-9-11-14-19)23(28)20(12-7-2)18-22(27)29-24(3,4)5/h6-7,9-11,13-14,20H,1-2,8,12,15-18H2,3-5H3. The van der Waals surface area contributed by atoms with Gasteiger partial charge < -0.3 is 9.57 Å². The predicted octanol–water partition coefficient (Wildman–Crippen LogP) is 4.41. The lowest BCUT2D eigenvalue weighted by molar-refractivity contribution is -0.201. The third kappa shape index (κ3) is 10.0. The monoisotopic (exact) mass is 415 g/mol. The van der Waals surface area contributed by atoms with E-state index in [0.717, 1.165) is 10.6 Å². The van der Waals surface area contributed by atoms with Gasteiger partial charge in [-0.15, -0.1) is 13.2 Å². The van der Waals surface area contributed by atoms with E-state index in [1.54, 1.807) is 32.9 Å². The molecule has 0 bridgehead atoms. The highest BCUT2D eigenvalue weighted by molar-refractivity contribution is 5.84. The van der Waals surface area contributed by atoms with Gasteiger partial charge >= 0.3 is 11.9 Å². The lowest BCUT2D eigenvalue weighted by atomic mass is 9.99. The van der Waals surface area contributed by atoms with Crippen LogP contribution in [-0.4, -0.2) is 35.1 Å². The number of ether oxygens (including phenoxy) is 1. The third-order valence-corrected chi connectivity index (χ3v) is 4.09. The zero-order chi connectivity index (χ0) is 22.6. The number of hydrogen-bond donors (Lipinski definition) is 0. The molecule has 6 heteroatoms. The molecule has 30 heavy (non-hydrogen) atoms. The third-order valence-electron chi connectivity index (χ3n) is 4.09. The second-order valence-corrected chi connectivity index (χ2v) is 7.98. The molecule has 1 rings (SSSR count). The summed E-state index contributed by atoms with van der Waals surface area (Å²) in [5.74, 6) is -2.17. The van der Waals surface area contributed by atoms with Crippen molar-refractivity contribution in [3.8, 4) is 0 Å². The van der Waals surface area contributed by atoms with Crippen molar-refractivity contribution in [1.29, 1.82) is 0 Å². The lowest BCUT2D eigenvalue weighted by Crippen LogP contribution is -2.40. The van der Waals surface area contributed by atoms with E-state index in [1.807, 2.05) is 30.3 Å². The summed E-state index contributed by atoms with van der Waals surface area (Å²) in [7, 11) is 0. The van der Waals surface area contributed by atoms with Gasteiger partial charge in [0.25, 0.3) is 5.91 Å². The Labute approximate surface area is 179 Å². The fraction of sp³-hybridized carbons (Fsp3) is 0.458. The Morgan fingerprint density at radius 2 is 1.73 bits per heavy atom. The quantitative estimate of drug-likeness (QED) is 0.304. The average molecular weight is 416 g/mol.